The van der Waals surface area contributed by atoms with Crippen LogP contribution in [0.4, 0.5) is 13.2 Å². The lowest BCUT2D eigenvalue weighted by molar-refractivity contribution is -0.122. The molecule has 2 aliphatic rings. The van der Waals surface area contributed by atoms with Crippen LogP contribution in [0.5, 0.6) is 0 Å². The van der Waals surface area contributed by atoms with Gasteiger partial charge in [0.15, 0.2) is 0 Å². The number of nitrogens with two attached hydrogens (primary N) is 1. The van der Waals surface area contributed by atoms with Crippen molar-refractivity contribution in [1.29, 1.82) is 0 Å². The van der Waals surface area contributed by atoms with Crippen LogP contribution < -0.4 is 5.73 Å². The SMILES string of the molecule is NC(=O)C1C(=CC(F)(F)F)C2CCC1C2. The van der Waals surface area contributed by atoms with Gasteiger partial charge < -0.3 is 5.73 Å². The maximum Gasteiger partial charge on any atom is 0.409 e. The highest BCUT2D eigenvalue weighted by Crippen LogP contribution is 2.52. The average molecular weight is 219 g/mol. The van der Waals surface area contributed by atoms with E-state index in [9.17, 15) is 18.0 Å². The Labute approximate surface area is 85.3 Å². The largest absolute Gasteiger partial charge is 0.409 e. The minimum absolute atomic E-state index is 0.0427. The van der Waals surface area contributed by atoms with Gasteiger partial charge in [-0.25, -0.2) is 0 Å². The first-order chi connectivity index (χ1) is 6.88. The molecule has 3 atom stereocenters. The summed E-state index contributed by atoms with van der Waals surface area (Å²) in [6.07, 6.45) is -1.78. The van der Waals surface area contributed by atoms with E-state index in [1.54, 1.807) is 0 Å². The summed E-state index contributed by atoms with van der Waals surface area (Å²) in [7, 11) is 0. The van der Waals surface area contributed by atoms with Crippen molar-refractivity contribution >= 4 is 5.91 Å². The number of carbonyl (C=O) groups excluding carboxylic acids is 1. The van der Waals surface area contributed by atoms with Gasteiger partial charge in [-0.05, 0) is 36.7 Å². The first kappa shape index (κ1) is 10.5. The van der Waals surface area contributed by atoms with Gasteiger partial charge in [0.05, 0.1) is 5.92 Å². The number of halogens is 3. The second kappa shape index (κ2) is 3.25. The number of hydrogen-bond donors (Lipinski definition) is 1. The normalized spacial score (nSPS) is 37.5. The quantitative estimate of drug-likeness (QED) is 0.673. The van der Waals surface area contributed by atoms with E-state index in [0.29, 0.717) is 6.42 Å². The van der Waals surface area contributed by atoms with Crippen LogP contribution in [0.2, 0.25) is 0 Å². The lowest BCUT2D eigenvalue weighted by Crippen LogP contribution is -2.30. The third-order valence-electron chi connectivity index (χ3n) is 3.41. The third-order valence-corrected chi connectivity index (χ3v) is 3.41. The van der Waals surface area contributed by atoms with Crippen molar-refractivity contribution in [3.8, 4) is 0 Å². The van der Waals surface area contributed by atoms with Crippen LogP contribution in [0, 0.1) is 17.8 Å². The zero-order valence-electron chi connectivity index (χ0n) is 8.05. The molecule has 2 N–H and O–H groups in total. The second-order valence-corrected chi connectivity index (χ2v) is 4.34. The van der Waals surface area contributed by atoms with Crippen molar-refractivity contribution in [2.45, 2.75) is 25.4 Å². The monoisotopic (exact) mass is 219 g/mol. The molecule has 2 rings (SSSR count). The molecule has 0 aromatic rings. The first-order valence-electron chi connectivity index (χ1n) is 4.97. The standard InChI is InChI=1S/C10H12F3NO/c11-10(12,13)4-7-5-1-2-6(3-5)8(7)9(14)15/h4-6,8H,1-3H2,(H2,14,15). The molecule has 84 valence electrons. The number of amides is 1. The van der Waals surface area contributed by atoms with Gasteiger partial charge in [-0.15, -0.1) is 0 Å². The van der Waals surface area contributed by atoms with Crippen LogP contribution in [0.1, 0.15) is 19.3 Å². The number of carbonyl (C=O) groups is 1. The predicted octanol–water partition coefficient (Wildman–Crippen LogP) is 2.01. The molecule has 2 saturated carbocycles. The van der Waals surface area contributed by atoms with Crippen LogP contribution in [-0.4, -0.2) is 12.1 Å². The molecule has 0 aliphatic heterocycles. The molecule has 15 heavy (non-hydrogen) atoms. The molecule has 0 aromatic carbocycles. The summed E-state index contributed by atoms with van der Waals surface area (Å²) in [4.78, 5) is 11.1. The zero-order chi connectivity index (χ0) is 11.2. The summed E-state index contributed by atoms with van der Waals surface area (Å²) in [5.74, 6) is -1.32. The summed E-state index contributed by atoms with van der Waals surface area (Å²) >= 11 is 0. The Morgan fingerprint density at radius 3 is 2.60 bits per heavy atom. The van der Waals surface area contributed by atoms with Crippen molar-refractivity contribution in [3.63, 3.8) is 0 Å². The molecule has 2 fully saturated rings. The Bertz CT molecular complexity index is 321. The van der Waals surface area contributed by atoms with Gasteiger partial charge in [0.1, 0.15) is 0 Å². The van der Waals surface area contributed by atoms with Gasteiger partial charge in [-0.3, -0.25) is 4.79 Å². The van der Waals surface area contributed by atoms with E-state index in [2.05, 4.69) is 0 Å². The fourth-order valence-corrected chi connectivity index (χ4v) is 2.94. The minimum Gasteiger partial charge on any atom is -0.369 e. The van der Waals surface area contributed by atoms with Gasteiger partial charge in [0, 0.05) is 6.08 Å². The molecule has 2 nitrogen and oxygen atoms in total. The lowest BCUT2D eigenvalue weighted by atomic mass is 9.83. The highest BCUT2D eigenvalue weighted by molar-refractivity contribution is 5.81. The maximum atomic E-state index is 12.2. The Morgan fingerprint density at radius 1 is 1.40 bits per heavy atom. The topological polar surface area (TPSA) is 43.1 Å². The first-order valence-corrected chi connectivity index (χ1v) is 4.97. The van der Waals surface area contributed by atoms with Gasteiger partial charge in [-0.2, -0.15) is 13.2 Å². The Morgan fingerprint density at radius 2 is 2.07 bits per heavy atom. The Kier molecular flexibility index (Phi) is 2.28. The number of rotatable bonds is 1. The Balaban J connectivity index is 2.30. The highest BCUT2D eigenvalue weighted by atomic mass is 19.4. The molecule has 0 spiro atoms. The van der Waals surface area contributed by atoms with Gasteiger partial charge in [0.2, 0.25) is 5.91 Å². The summed E-state index contributed by atoms with van der Waals surface area (Å²) < 4.78 is 36.7. The average Bonchev–Trinajstić information content (AvgIpc) is 2.59. The van der Waals surface area contributed by atoms with Crippen molar-refractivity contribution in [2.24, 2.45) is 23.5 Å². The lowest BCUT2D eigenvalue weighted by Gasteiger charge is -2.22. The molecule has 0 saturated heterocycles. The van der Waals surface area contributed by atoms with E-state index in [0.717, 1.165) is 12.8 Å². The zero-order valence-corrected chi connectivity index (χ0v) is 8.05. The molecule has 0 radical (unpaired) electrons. The Hall–Kier alpha value is -1.00. The molecule has 0 aromatic heterocycles. The predicted molar refractivity (Wildman–Crippen MR) is 47.7 cm³/mol. The second-order valence-electron chi connectivity index (χ2n) is 4.34. The number of hydrogen-bond acceptors (Lipinski definition) is 1. The third kappa shape index (κ3) is 1.87. The summed E-state index contributed by atoms with van der Waals surface area (Å²) in [6.45, 7) is 0. The fourth-order valence-electron chi connectivity index (χ4n) is 2.94. The maximum absolute atomic E-state index is 12.2. The summed E-state index contributed by atoms with van der Waals surface area (Å²) in [6, 6.07) is 0. The molecular formula is C10H12F3NO. The van der Waals surface area contributed by atoms with E-state index >= 15 is 0 Å². The van der Waals surface area contributed by atoms with Gasteiger partial charge in [-0.1, -0.05) is 0 Å². The molecule has 3 unspecified atom stereocenters. The minimum atomic E-state index is -4.34. The molecule has 2 bridgehead atoms. The number of fused-ring (bicyclic) bond motifs is 2. The number of primary amides is 1. The molecular weight excluding hydrogens is 207 g/mol. The van der Waals surface area contributed by atoms with E-state index in [1.807, 2.05) is 0 Å². The highest BCUT2D eigenvalue weighted by Gasteiger charge is 2.47. The van der Waals surface area contributed by atoms with Crippen LogP contribution in [0.3, 0.4) is 0 Å². The van der Waals surface area contributed by atoms with E-state index in [4.69, 9.17) is 5.73 Å². The molecule has 1 amide bonds. The fraction of sp³-hybridized carbons (Fsp3) is 0.700. The number of alkyl halides is 3. The van der Waals surface area contributed by atoms with Crippen molar-refractivity contribution < 1.29 is 18.0 Å². The van der Waals surface area contributed by atoms with E-state index < -0.39 is 18.0 Å². The van der Waals surface area contributed by atoms with Crippen molar-refractivity contribution in [1.82, 2.24) is 0 Å². The molecule has 0 heterocycles. The summed E-state index contributed by atoms with van der Waals surface area (Å²) in [5.41, 5.74) is 5.36. The van der Waals surface area contributed by atoms with Crippen molar-refractivity contribution in [2.75, 3.05) is 0 Å². The summed E-state index contributed by atoms with van der Waals surface area (Å²) in [5, 5.41) is 0. The van der Waals surface area contributed by atoms with Crippen molar-refractivity contribution in [3.05, 3.63) is 11.6 Å². The molecule has 5 heteroatoms. The van der Waals surface area contributed by atoms with Crippen LogP contribution in [0.25, 0.3) is 0 Å². The van der Waals surface area contributed by atoms with Gasteiger partial charge in [0.25, 0.3) is 0 Å². The number of allylic oxidation sites excluding steroid dienone is 1. The van der Waals surface area contributed by atoms with E-state index in [-0.39, 0.29) is 23.5 Å². The van der Waals surface area contributed by atoms with Gasteiger partial charge >= 0.3 is 6.18 Å². The molecule has 2 aliphatic carbocycles. The van der Waals surface area contributed by atoms with E-state index in [1.165, 1.54) is 0 Å². The van der Waals surface area contributed by atoms with Crippen LogP contribution in [0.15, 0.2) is 11.6 Å². The van der Waals surface area contributed by atoms with Crippen LogP contribution >= 0.6 is 0 Å². The smallest absolute Gasteiger partial charge is 0.369 e. The van der Waals surface area contributed by atoms with Crippen LogP contribution in [-0.2, 0) is 4.79 Å².